The Morgan fingerprint density at radius 1 is 1.14 bits per heavy atom. The van der Waals surface area contributed by atoms with Gasteiger partial charge in [0.2, 0.25) is 11.8 Å². The molecule has 0 radical (unpaired) electrons. The normalized spacial score (nSPS) is 12.3. The van der Waals surface area contributed by atoms with Gasteiger partial charge in [-0.1, -0.05) is 11.8 Å². The number of non-ortho nitro benzene ring substituents is 1. The van der Waals surface area contributed by atoms with Crippen molar-refractivity contribution in [1.82, 2.24) is 26.0 Å². The van der Waals surface area contributed by atoms with E-state index in [1.165, 1.54) is 24.3 Å². The average Bonchev–Trinajstić information content (AvgIpc) is 3.33. The first-order valence-electron chi connectivity index (χ1n) is 10.4. The lowest BCUT2D eigenvalue weighted by atomic mass is 10.2. The zero-order valence-electron chi connectivity index (χ0n) is 18.8. The molecule has 0 aliphatic rings. The summed E-state index contributed by atoms with van der Waals surface area (Å²) in [7, 11) is -3.80. The first kappa shape index (κ1) is 26.4. The predicted octanol–water partition coefficient (Wildman–Crippen LogP) is 3.72. The Morgan fingerprint density at radius 2 is 1.80 bits per heavy atom. The van der Waals surface area contributed by atoms with Gasteiger partial charge in [-0.15, -0.1) is 10.2 Å². The summed E-state index contributed by atoms with van der Waals surface area (Å²) in [4.78, 5) is 26.8. The zero-order chi connectivity index (χ0) is 25.3. The van der Waals surface area contributed by atoms with Crippen LogP contribution in [0.25, 0.3) is 11.5 Å². The van der Waals surface area contributed by atoms with Crippen molar-refractivity contribution < 1.29 is 27.7 Å². The molecule has 186 valence electrons. The first-order valence-corrected chi connectivity index (χ1v) is 13.0. The molecule has 0 saturated carbocycles. The number of hydrogen-bond acceptors (Lipinski definition) is 12. The molecule has 3 rings (SSSR count). The number of pyridine rings is 1. The third-order valence-electron chi connectivity index (χ3n) is 4.36. The Kier molecular flexibility index (Phi) is 9.46. The molecule has 35 heavy (non-hydrogen) atoms. The number of hydrazine groups is 1. The summed E-state index contributed by atoms with van der Waals surface area (Å²) in [6.07, 6.45) is 3.19. The maximum absolute atomic E-state index is 13.4. The number of carbonyl (C=O) groups is 1. The summed E-state index contributed by atoms with van der Waals surface area (Å²) in [5, 5.41) is 19.0. The quantitative estimate of drug-likeness (QED) is 0.144. The van der Waals surface area contributed by atoms with Gasteiger partial charge in [0, 0.05) is 30.1 Å². The number of rotatable bonds is 13. The fraction of sp³-hybridized carbons (Fsp3) is 0.300. The number of thioether (sulfide) groups is 1. The minimum atomic E-state index is -3.80. The van der Waals surface area contributed by atoms with Crippen LogP contribution in [0.15, 0.2) is 58.4 Å². The summed E-state index contributed by atoms with van der Waals surface area (Å²) >= 11 is 1.01. The molecule has 1 amide bonds. The van der Waals surface area contributed by atoms with Gasteiger partial charge in [0.05, 0.1) is 23.9 Å². The molecule has 3 aromatic rings. The molecule has 2 heterocycles. The van der Waals surface area contributed by atoms with E-state index in [-0.39, 0.29) is 29.9 Å². The largest absolute Gasteiger partial charge is 0.411 e. The number of benzene rings is 1. The van der Waals surface area contributed by atoms with Crippen molar-refractivity contribution in [2.24, 2.45) is 0 Å². The van der Waals surface area contributed by atoms with Crippen LogP contribution < -0.4 is 10.9 Å². The molecule has 0 fully saturated rings. The SMILES string of the molecule is CCOP(=O)(OCC)C(NNC(=O)CSc1nnc(-c2ccncc2)o1)c1ccc([N+](=O)[O-])cc1. The van der Waals surface area contributed by atoms with Gasteiger partial charge in [0.15, 0.2) is 5.78 Å². The maximum atomic E-state index is 13.4. The number of nitrogens with zero attached hydrogens (tertiary/aromatic N) is 4. The summed E-state index contributed by atoms with van der Waals surface area (Å²) in [6.45, 7) is 3.48. The van der Waals surface area contributed by atoms with Crippen LogP contribution in [-0.2, 0) is 18.4 Å². The van der Waals surface area contributed by atoms with Gasteiger partial charge in [0.1, 0.15) is 0 Å². The van der Waals surface area contributed by atoms with Crippen LogP contribution in [0.2, 0.25) is 0 Å². The monoisotopic (exact) mass is 522 g/mol. The Morgan fingerprint density at radius 3 is 2.40 bits per heavy atom. The van der Waals surface area contributed by atoms with Gasteiger partial charge in [-0.05, 0) is 43.7 Å². The minimum absolute atomic E-state index is 0.0865. The molecular formula is C20H23N6O7PS. The molecule has 2 aromatic heterocycles. The summed E-state index contributed by atoms with van der Waals surface area (Å²) in [5.74, 6) is -1.39. The lowest BCUT2D eigenvalue weighted by Gasteiger charge is -2.27. The Hall–Kier alpha value is -3.16. The van der Waals surface area contributed by atoms with E-state index in [2.05, 4.69) is 26.0 Å². The van der Waals surface area contributed by atoms with Crippen LogP contribution in [-0.4, -0.2) is 45.0 Å². The molecule has 1 atom stereocenters. The second-order valence-corrected chi connectivity index (χ2v) is 9.76. The van der Waals surface area contributed by atoms with Crippen molar-refractivity contribution in [1.29, 1.82) is 0 Å². The molecular weight excluding hydrogens is 499 g/mol. The molecule has 1 unspecified atom stereocenters. The van der Waals surface area contributed by atoms with Gasteiger partial charge in [-0.2, -0.15) is 0 Å². The lowest BCUT2D eigenvalue weighted by Crippen LogP contribution is -2.41. The number of nitro benzene ring substituents is 1. The molecule has 0 aliphatic heterocycles. The van der Waals surface area contributed by atoms with E-state index < -0.39 is 24.2 Å². The molecule has 13 nitrogen and oxygen atoms in total. The number of carbonyl (C=O) groups excluding carboxylic acids is 1. The van der Waals surface area contributed by atoms with E-state index in [9.17, 15) is 19.5 Å². The van der Waals surface area contributed by atoms with Crippen LogP contribution in [0, 0.1) is 10.1 Å². The molecule has 0 bridgehead atoms. The van der Waals surface area contributed by atoms with E-state index in [4.69, 9.17) is 13.5 Å². The topological polar surface area (TPSA) is 172 Å². The highest BCUT2D eigenvalue weighted by Gasteiger charge is 2.37. The number of hydrogen-bond donors (Lipinski definition) is 2. The predicted molar refractivity (Wildman–Crippen MR) is 126 cm³/mol. The second-order valence-electron chi connectivity index (χ2n) is 6.72. The van der Waals surface area contributed by atoms with E-state index >= 15 is 0 Å². The van der Waals surface area contributed by atoms with Crippen LogP contribution >= 0.6 is 19.4 Å². The maximum Gasteiger partial charge on any atom is 0.353 e. The third kappa shape index (κ3) is 7.16. The van der Waals surface area contributed by atoms with E-state index in [1.807, 2.05) is 0 Å². The molecule has 0 spiro atoms. The third-order valence-corrected chi connectivity index (χ3v) is 7.48. The van der Waals surface area contributed by atoms with Crippen LogP contribution in [0.5, 0.6) is 0 Å². The zero-order valence-corrected chi connectivity index (χ0v) is 20.5. The van der Waals surface area contributed by atoms with Gasteiger partial charge in [-0.25, -0.2) is 5.43 Å². The van der Waals surface area contributed by atoms with E-state index in [0.717, 1.165) is 11.8 Å². The van der Waals surface area contributed by atoms with Crippen LogP contribution in [0.1, 0.15) is 25.2 Å². The van der Waals surface area contributed by atoms with Crippen molar-refractivity contribution in [3.05, 3.63) is 64.5 Å². The standard InChI is InChI=1S/C20H23N6O7PS/c1-3-31-34(30,32-4-2)19(15-5-7-16(8-6-15)26(28)29)24-22-17(27)13-35-20-25-23-18(33-20)14-9-11-21-12-10-14/h5-12,19,24H,3-4,13H2,1-2H3,(H,22,27). The average molecular weight is 522 g/mol. The van der Waals surface area contributed by atoms with Crippen molar-refractivity contribution in [2.45, 2.75) is 24.9 Å². The van der Waals surface area contributed by atoms with Crippen molar-refractivity contribution >= 4 is 31.0 Å². The van der Waals surface area contributed by atoms with Crippen molar-refractivity contribution in [3.8, 4) is 11.5 Å². The lowest BCUT2D eigenvalue weighted by molar-refractivity contribution is -0.384. The molecule has 0 saturated heterocycles. The van der Waals surface area contributed by atoms with Crippen LogP contribution in [0.3, 0.4) is 0 Å². The highest BCUT2D eigenvalue weighted by Crippen LogP contribution is 2.59. The van der Waals surface area contributed by atoms with E-state index in [1.54, 1.807) is 38.4 Å². The highest BCUT2D eigenvalue weighted by molar-refractivity contribution is 7.99. The van der Waals surface area contributed by atoms with Gasteiger partial charge >= 0.3 is 7.60 Å². The number of aromatic nitrogens is 3. The van der Waals surface area contributed by atoms with Crippen LogP contribution in [0.4, 0.5) is 5.69 Å². The molecule has 0 aliphatic carbocycles. The van der Waals surface area contributed by atoms with Gasteiger partial charge in [-0.3, -0.25) is 29.9 Å². The number of amides is 1. The minimum Gasteiger partial charge on any atom is -0.411 e. The second kappa shape index (κ2) is 12.5. The Balaban J connectivity index is 1.67. The molecule has 2 N–H and O–H groups in total. The van der Waals surface area contributed by atoms with Crippen molar-refractivity contribution in [3.63, 3.8) is 0 Å². The first-order chi connectivity index (χ1) is 16.9. The molecule has 1 aromatic carbocycles. The van der Waals surface area contributed by atoms with Gasteiger partial charge in [0.25, 0.3) is 10.9 Å². The number of nitro groups is 1. The Labute approximate surface area is 204 Å². The fourth-order valence-corrected chi connectivity index (χ4v) is 5.28. The van der Waals surface area contributed by atoms with Gasteiger partial charge < -0.3 is 13.5 Å². The summed E-state index contributed by atoms with van der Waals surface area (Å²) < 4.78 is 29.8. The highest BCUT2D eigenvalue weighted by atomic mass is 32.2. The summed E-state index contributed by atoms with van der Waals surface area (Å²) in [6, 6.07) is 8.79. The summed E-state index contributed by atoms with van der Waals surface area (Å²) in [5.41, 5.74) is 6.09. The smallest absolute Gasteiger partial charge is 0.353 e. The fourth-order valence-electron chi connectivity index (χ4n) is 2.86. The van der Waals surface area contributed by atoms with Crippen molar-refractivity contribution in [2.75, 3.05) is 19.0 Å². The Bertz CT molecular complexity index is 1170. The van der Waals surface area contributed by atoms with E-state index in [0.29, 0.717) is 17.0 Å². The molecule has 15 heteroatoms. The number of nitrogens with one attached hydrogen (secondary N) is 2.